The van der Waals surface area contributed by atoms with Gasteiger partial charge >= 0.3 is 0 Å². The molecule has 1 amide bonds. The summed E-state index contributed by atoms with van der Waals surface area (Å²) in [7, 11) is -3.89. The molecule has 5 rings (SSSR count). The second-order valence-corrected chi connectivity index (χ2v) is 12.5. The van der Waals surface area contributed by atoms with Gasteiger partial charge in [-0.1, -0.05) is 6.92 Å². The number of nitrogens with two attached hydrogens (primary N) is 2. The molecule has 5 N–H and O–H groups in total. The van der Waals surface area contributed by atoms with Gasteiger partial charge in [0.15, 0.2) is 0 Å². The van der Waals surface area contributed by atoms with Gasteiger partial charge in [-0.15, -0.1) is 0 Å². The van der Waals surface area contributed by atoms with E-state index >= 15 is 8.78 Å². The van der Waals surface area contributed by atoms with Crippen LogP contribution in [0.1, 0.15) is 25.3 Å². The molecule has 1 aliphatic rings. The van der Waals surface area contributed by atoms with E-state index in [-0.39, 0.29) is 58.8 Å². The maximum atomic E-state index is 15.6. The standard InChI is InChI=1S/C32H33F3N6O3S/c1-2-30(42)41(22-7-3-20(33)4-8-22)29-14-13-27(34)32(37)31(29)26-18-39-19-28(35)25(26)12-9-23-17-38-15-16-40(23)45(43,44)24-10-5-21(36)6-11-24/h3-8,10-11,13-14,18-19,23,38H,2,9,12,15-17,36-37H2,1H3/t23-/m0/s1. The molecule has 45 heavy (non-hydrogen) atoms. The number of nitrogen functional groups attached to an aromatic ring is 2. The van der Waals surface area contributed by atoms with E-state index in [9.17, 15) is 17.6 Å². The highest BCUT2D eigenvalue weighted by atomic mass is 32.2. The number of sulfonamides is 1. The van der Waals surface area contributed by atoms with Crippen molar-refractivity contribution in [2.24, 2.45) is 0 Å². The van der Waals surface area contributed by atoms with Crippen molar-refractivity contribution in [2.75, 3.05) is 36.0 Å². The van der Waals surface area contributed by atoms with Gasteiger partial charge in [-0.05, 0) is 79.1 Å². The molecule has 236 valence electrons. The van der Waals surface area contributed by atoms with Crippen molar-refractivity contribution in [1.29, 1.82) is 0 Å². The average Bonchev–Trinajstić information content (AvgIpc) is 3.03. The van der Waals surface area contributed by atoms with Crippen molar-refractivity contribution in [3.8, 4) is 11.1 Å². The van der Waals surface area contributed by atoms with Crippen LogP contribution in [0.4, 0.5) is 35.9 Å². The molecule has 0 spiro atoms. The molecule has 13 heteroatoms. The van der Waals surface area contributed by atoms with Gasteiger partial charge in [0.2, 0.25) is 15.9 Å². The van der Waals surface area contributed by atoms with Crippen molar-refractivity contribution in [2.45, 2.75) is 37.1 Å². The van der Waals surface area contributed by atoms with Gasteiger partial charge in [-0.2, -0.15) is 4.31 Å². The first-order valence-corrected chi connectivity index (χ1v) is 15.8. The van der Waals surface area contributed by atoms with Crippen LogP contribution < -0.4 is 21.7 Å². The van der Waals surface area contributed by atoms with E-state index in [1.165, 1.54) is 70.0 Å². The zero-order valence-corrected chi connectivity index (χ0v) is 25.3. The van der Waals surface area contributed by atoms with Crippen molar-refractivity contribution >= 4 is 38.7 Å². The Hall–Kier alpha value is -4.46. The van der Waals surface area contributed by atoms with E-state index in [4.69, 9.17) is 11.5 Å². The highest BCUT2D eigenvalue weighted by Gasteiger charge is 2.34. The number of amides is 1. The van der Waals surface area contributed by atoms with Crippen LogP contribution in [0.15, 0.2) is 78.0 Å². The van der Waals surface area contributed by atoms with Crippen LogP contribution in [0.3, 0.4) is 0 Å². The number of hydrogen-bond acceptors (Lipinski definition) is 7. The Bertz CT molecular complexity index is 1800. The monoisotopic (exact) mass is 638 g/mol. The van der Waals surface area contributed by atoms with Gasteiger partial charge in [-0.3, -0.25) is 14.7 Å². The lowest BCUT2D eigenvalue weighted by atomic mass is 9.93. The van der Waals surface area contributed by atoms with E-state index in [2.05, 4.69) is 10.3 Å². The molecule has 1 aliphatic heterocycles. The molecule has 1 aromatic heterocycles. The van der Waals surface area contributed by atoms with Crippen LogP contribution in [0.5, 0.6) is 0 Å². The summed E-state index contributed by atoms with van der Waals surface area (Å²) in [5.41, 5.74) is 12.9. The predicted molar refractivity (Wildman–Crippen MR) is 168 cm³/mol. The number of benzene rings is 3. The number of piperazine rings is 1. The van der Waals surface area contributed by atoms with Gasteiger partial charge < -0.3 is 16.8 Å². The molecular formula is C32H33F3N6O3S. The average molecular weight is 639 g/mol. The van der Waals surface area contributed by atoms with Crippen LogP contribution in [-0.4, -0.2) is 49.3 Å². The minimum absolute atomic E-state index is 0.0382. The van der Waals surface area contributed by atoms with Gasteiger partial charge in [0.05, 0.1) is 22.5 Å². The predicted octanol–water partition coefficient (Wildman–Crippen LogP) is 5.00. The summed E-state index contributed by atoms with van der Waals surface area (Å²) in [5, 5.41) is 3.20. The third kappa shape index (κ3) is 6.51. The van der Waals surface area contributed by atoms with Crippen LogP contribution in [0.2, 0.25) is 0 Å². The van der Waals surface area contributed by atoms with Crippen molar-refractivity contribution < 1.29 is 26.4 Å². The quantitative estimate of drug-likeness (QED) is 0.220. The molecule has 0 radical (unpaired) electrons. The van der Waals surface area contributed by atoms with E-state index in [1.54, 1.807) is 6.92 Å². The topological polar surface area (TPSA) is 135 Å². The molecular weight excluding hydrogens is 605 g/mol. The third-order valence-electron chi connectivity index (χ3n) is 7.83. The van der Waals surface area contributed by atoms with Gasteiger partial charge in [0.1, 0.15) is 17.5 Å². The lowest BCUT2D eigenvalue weighted by Gasteiger charge is -2.35. The first-order chi connectivity index (χ1) is 21.5. The number of nitrogens with zero attached hydrogens (tertiary/aromatic N) is 3. The maximum Gasteiger partial charge on any atom is 0.243 e. The van der Waals surface area contributed by atoms with Crippen molar-refractivity contribution in [3.05, 3.63) is 96.1 Å². The fraction of sp³-hybridized carbons (Fsp3) is 0.250. The van der Waals surface area contributed by atoms with Crippen LogP contribution in [-0.2, 0) is 21.2 Å². The number of carbonyl (C=O) groups excluding carboxylic acids is 1. The molecule has 4 aromatic rings. The summed E-state index contributed by atoms with van der Waals surface area (Å²) in [6.45, 7) is 2.61. The molecule has 0 unspecified atom stereocenters. The van der Waals surface area contributed by atoms with E-state index < -0.39 is 39.4 Å². The highest BCUT2D eigenvalue weighted by molar-refractivity contribution is 7.89. The molecule has 0 aliphatic carbocycles. The largest absolute Gasteiger partial charge is 0.399 e. The summed E-state index contributed by atoms with van der Waals surface area (Å²) in [4.78, 5) is 18.6. The maximum absolute atomic E-state index is 15.6. The Morgan fingerprint density at radius 2 is 1.71 bits per heavy atom. The van der Waals surface area contributed by atoms with E-state index in [0.29, 0.717) is 24.5 Å². The zero-order chi connectivity index (χ0) is 32.3. The van der Waals surface area contributed by atoms with Gasteiger partial charge in [-0.25, -0.2) is 21.6 Å². The highest BCUT2D eigenvalue weighted by Crippen LogP contribution is 2.43. The van der Waals surface area contributed by atoms with Crippen LogP contribution in [0.25, 0.3) is 11.1 Å². The number of pyridine rings is 1. The number of rotatable bonds is 9. The van der Waals surface area contributed by atoms with Crippen molar-refractivity contribution in [1.82, 2.24) is 14.6 Å². The van der Waals surface area contributed by atoms with Gasteiger partial charge in [0, 0.05) is 60.8 Å². The molecule has 1 atom stereocenters. The number of nitrogens with one attached hydrogen (secondary N) is 1. The molecule has 1 saturated heterocycles. The summed E-state index contributed by atoms with van der Waals surface area (Å²) in [6, 6.07) is 13.0. The molecule has 3 aromatic carbocycles. The van der Waals surface area contributed by atoms with E-state index in [1.807, 2.05) is 0 Å². The summed E-state index contributed by atoms with van der Waals surface area (Å²) in [6.07, 6.45) is 2.65. The molecule has 1 fully saturated rings. The number of carbonyl (C=O) groups is 1. The Morgan fingerprint density at radius 1 is 1.00 bits per heavy atom. The number of hydrogen-bond donors (Lipinski definition) is 3. The SMILES string of the molecule is CCC(=O)N(c1ccc(F)cc1)c1ccc(F)c(N)c1-c1cncc(F)c1CC[C@H]1CNCCN1S(=O)(=O)c1ccc(N)cc1. The molecule has 9 nitrogen and oxygen atoms in total. The Labute approximate surface area is 259 Å². The summed E-state index contributed by atoms with van der Waals surface area (Å²) < 4.78 is 73.0. The third-order valence-corrected chi connectivity index (χ3v) is 9.80. The first-order valence-electron chi connectivity index (χ1n) is 14.4. The minimum Gasteiger partial charge on any atom is -0.399 e. The number of halogens is 3. The van der Waals surface area contributed by atoms with Gasteiger partial charge in [0.25, 0.3) is 0 Å². The molecule has 2 heterocycles. The van der Waals surface area contributed by atoms with Crippen molar-refractivity contribution in [3.63, 3.8) is 0 Å². The normalized spacial score (nSPS) is 15.6. The second-order valence-electron chi connectivity index (χ2n) is 10.6. The Kier molecular flexibility index (Phi) is 9.42. The number of aromatic nitrogens is 1. The lowest BCUT2D eigenvalue weighted by Crippen LogP contribution is -2.53. The zero-order valence-electron chi connectivity index (χ0n) is 24.5. The Balaban J connectivity index is 1.56. The summed E-state index contributed by atoms with van der Waals surface area (Å²) >= 11 is 0. The molecule has 0 saturated carbocycles. The lowest BCUT2D eigenvalue weighted by molar-refractivity contribution is -0.117. The molecule has 0 bridgehead atoms. The first kappa shape index (κ1) is 31.9. The van der Waals surface area contributed by atoms with E-state index in [0.717, 1.165) is 12.3 Å². The van der Waals surface area contributed by atoms with Crippen LogP contribution >= 0.6 is 0 Å². The van der Waals surface area contributed by atoms with Crippen LogP contribution in [0, 0.1) is 17.5 Å². The fourth-order valence-corrected chi connectivity index (χ4v) is 7.19. The minimum atomic E-state index is -3.89. The Morgan fingerprint density at radius 3 is 2.40 bits per heavy atom. The smallest absolute Gasteiger partial charge is 0.243 e. The number of anilines is 4. The second kappa shape index (κ2) is 13.3. The fourth-order valence-electron chi connectivity index (χ4n) is 5.54. The summed E-state index contributed by atoms with van der Waals surface area (Å²) in [5.74, 6) is -2.39.